The summed E-state index contributed by atoms with van der Waals surface area (Å²) >= 11 is 5.95. The van der Waals surface area contributed by atoms with Gasteiger partial charge in [0, 0.05) is 11.3 Å². The van der Waals surface area contributed by atoms with Gasteiger partial charge in [0.25, 0.3) is 10.0 Å². The van der Waals surface area contributed by atoms with Crippen LogP contribution < -0.4 is 9.46 Å². The van der Waals surface area contributed by atoms with E-state index in [1.165, 1.54) is 19.2 Å². The van der Waals surface area contributed by atoms with E-state index in [0.29, 0.717) is 11.4 Å². The molecule has 2 aromatic rings. The molecule has 0 fully saturated rings. The van der Waals surface area contributed by atoms with Gasteiger partial charge in [0.1, 0.15) is 5.75 Å². The highest BCUT2D eigenvalue weighted by Gasteiger charge is 2.23. The van der Waals surface area contributed by atoms with E-state index in [-0.39, 0.29) is 21.3 Å². The molecule has 0 atom stereocenters. The van der Waals surface area contributed by atoms with Crippen molar-refractivity contribution in [2.24, 2.45) is 0 Å². The van der Waals surface area contributed by atoms with Crippen molar-refractivity contribution in [1.29, 1.82) is 0 Å². The van der Waals surface area contributed by atoms with Crippen LogP contribution in [0.25, 0.3) is 0 Å². The number of rotatable bonds is 5. The van der Waals surface area contributed by atoms with Gasteiger partial charge in [-0.05, 0) is 25.1 Å². The SMILES string of the molecule is COc1ccc(NS(=O)(=O)c2n[nH]c(C)c2CO)cc1Cl. The van der Waals surface area contributed by atoms with Crippen molar-refractivity contribution in [2.45, 2.75) is 18.6 Å². The zero-order chi connectivity index (χ0) is 15.6. The van der Waals surface area contributed by atoms with Crippen LogP contribution in [0.4, 0.5) is 5.69 Å². The van der Waals surface area contributed by atoms with Gasteiger partial charge in [0.05, 0.1) is 24.4 Å². The van der Waals surface area contributed by atoms with Crippen molar-refractivity contribution in [3.63, 3.8) is 0 Å². The Kier molecular flexibility index (Phi) is 4.40. The minimum absolute atomic E-state index is 0.224. The molecule has 0 aliphatic carbocycles. The van der Waals surface area contributed by atoms with Crippen LogP contribution in [0.3, 0.4) is 0 Å². The molecule has 21 heavy (non-hydrogen) atoms. The number of benzene rings is 1. The average Bonchev–Trinajstić information content (AvgIpc) is 2.80. The Balaban J connectivity index is 2.35. The fraction of sp³-hybridized carbons (Fsp3) is 0.250. The third-order valence-corrected chi connectivity index (χ3v) is 4.50. The fourth-order valence-corrected chi connectivity index (χ4v) is 3.27. The number of H-pyrrole nitrogens is 1. The molecule has 3 N–H and O–H groups in total. The van der Waals surface area contributed by atoms with Crippen molar-refractivity contribution in [3.8, 4) is 5.75 Å². The van der Waals surface area contributed by atoms with E-state index < -0.39 is 16.6 Å². The molecule has 0 spiro atoms. The van der Waals surface area contributed by atoms with Crippen LogP contribution in [0.5, 0.6) is 5.75 Å². The van der Waals surface area contributed by atoms with E-state index in [0.717, 1.165) is 0 Å². The number of aliphatic hydroxyl groups excluding tert-OH is 1. The van der Waals surface area contributed by atoms with Gasteiger partial charge in [-0.1, -0.05) is 11.6 Å². The molecule has 0 aliphatic rings. The number of nitrogens with one attached hydrogen (secondary N) is 2. The highest BCUT2D eigenvalue weighted by atomic mass is 35.5. The Morgan fingerprint density at radius 3 is 2.76 bits per heavy atom. The second-order valence-corrected chi connectivity index (χ2v) is 6.25. The van der Waals surface area contributed by atoms with Crippen molar-refractivity contribution < 1.29 is 18.3 Å². The number of aryl methyl sites for hydroxylation is 1. The number of aromatic amines is 1. The van der Waals surface area contributed by atoms with Gasteiger partial charge in [0.2, 0.25) is 5.03 Å². The summed E-state index contributed by atoms with van der Waals surface area (Å²) in [5.41, 5.74) is 0.984. The summed E-state index contributed by atoms with van der Waals surface area (Å²) < 4.78 is 31.9. The number of aliphatic hydroxyl groups is 1. The first-order chi connectivity index (χ1) is 9.89. The Bertz CT molecular complexity index is 758. The van der Waals surface area contributed by atoms with E-state index >= 15 is 0 Å². The maximum absolute atomic E-state index is 12.3. The number of hydrogen-bond acceptors (Lipinski definition) is 5. The van der Waals surface area contributed by atoms with Crippen molar-refractivity contribution in [3.05, 3.63) is 34.5 Å². The van der Waals surface area contributed by atoms with Gasteiger partial charge in [-0.2, -0.15) is 13.5 Å². The molecule has 114 valence electrons. The molecular formula is C12H14ClN3O4S. The first kappa shape index (κ1) is 15.6. The molecule has 2 rings (SSSR count). The number of sulfonamides is 1. The van der Waals surface area contributed by atoms with Crippen molar-refractivity contribution >= 4 is 27.3 Å². The number of nitrogens with zero attached hydrogens (tertiary/aromatic N) is 1. The molecule has 0 saturated heterocycles. The Labute approximate surface area is 127 Å². The molecule has 0 radical (unpaired) electrons. The number of methoxy groups -OCH3 is 1. The van der Waals surface area contributed by atoms with E-state index in [1.807, 2.05) is 0 Å². The number of aromatic nitrogens is 2. The lowest BCUT2D eigenvalue weighted by Crippen LogP contribution is -2.15. The largest absolute Gasteiger partial charge is 0.495 e. The maximum atomic E-state index is 12.3. The zero-order valence-corrected chi connectivity index (χ0v) is 12.9. The fourth-order valence-electron chi connectivity index (χ4n) is 1.77. The summed E-state index contributed by atoms with van der Waals surface area (Å²) in [5.74, 6) is 0.436. The third kappa shape index (κ3) is 3.12. The first-order valence-corrected chi connectivity index (χ1v) is 7.76. The van der Waals surface area contributed by atoms with Crippen molar-refractivity contribution in [2.75, 3.05) is 11.8 Å². The normalized spacial score (nSPS) is 11.4. The van der Waals surface area contributed by atoms with Gasteiger partial charge in [-0.15, -0.1) is 0 Å². The zero-order valence-electron chi connectivity index (χ0n) is 11.3. The number of halogens is 1. The van der Waals surface area contributed by atoms with Crippen LogP contribution in [-0.2, 0) is 16.6 Å². The van der Waals surface area contributed by atoms with Crippen molar-refractivity contribution in [1.82, 2.24) is 10.2 Å². The second kappa shape index (κ2) is 5.92. The van der Waals surface area contributed by atoms with E-state index in [4.69, 9.17) is 16.3 Å². The predicted molar refractivity (Wildman–Crippen MR) is 78.1 cm³/mol. The quantitative estimate of drug-likeness (QED) is 0.773. The number of hydrogen-bond donors (Lipinski definition) is 3. The monoisotopic (exact) mass is 331 g/mol. The minimum Gasteiger partial charge on any atom is -0.495 e. The third-order valence-electron chi connectivity index (χ3n) is 2.85. The Morgan fingerprint density at radius 1 is 1.48 bits per heavy atom. The molecule has 1 heterocycles. The number of anilines is 1. The number of ether oxygens (including phenoxy) is 1. The van der Waals surface area contributed by atoms with Crippen LogP contribution in [0, 0.1) is 6.92 Å². The molecule has 0 aliphatic heterocycles. The van der Waals surface area contributed by atoms with Crippen LogP contribution in [0.1, 0.15) is 11.3 Å². The molecule has 9 heteroatoms. The summed E-state index contributed by atoms with van der Waals surface area (Å²) in [7, 11) is -2.46. The first-order valence-electron chi connectivity index (χ1n) is 5.90. The highest BCUT2D eigenvalue weighted by Crippen LogP contribution is 2.28. The molecule has 0 unspecified atom stereocenters. The average molecular weight is 332 g/mol. The summed E-state index contributed by atoms with van der Waals surface area (Å²) in [4.78, 5) is 0. The maximum Gasteiger partial charge on any atom is 0.281 e. The Morgan fingerprint density at radius 2 is 2.19 bits per heavy atom. The molecule has 0 saturated carbocycles. The standard InChI is InChI=1S/C12H14ClN3O4S/c1-7-9(6-17)12(15-14-7)21(18,19)16-8-3-4-11(20-2)10(13)5-8/h3-5,16-17H,6H2,1-2H3,(H,14,15). The van der Waals surface area contributed by atoms with E-state index in [1.54, 1.807) is 13.0 Å². The van der Waals surface area contributed by atoms with Gasteiger partial charge < -0.3 is 9.84 Å². The lowest BCUT2D eigenvalue weighted by Gasteiger charge is -2.09. The molecule has 7 nitrogen and oxygen atoms in total. The van der Waals surface area contributed by atoms with Gasteiger partial charge in [-0.25, -0.2) is 0 Å². The van der Waals surface area contributed by atoms with Crippen LogP contribution in [0.15, 0.2) is 23.2 Å². The highest BCUT2D eigenvalue weighted by molar-refractivity contribution is 7.92. The molecular weight excluding hydrogens is 318 g/mol. The van der Waals surface area contributed by atoms with E-state index in [2.05, 4.69) is 14.9 Å². The lowest BCUT2D eigenvalue weighted by molar-refractivity contribution is 0.277. The molecule has 1 aromatic carbocycles. The summed E-state index contributed by atoms with van der Waals surface area (Å²) in [5, 5.41) is 15.5. The van der Waals surface area contributed by atoms with Gasteiger partial charge >= 0.3 is 0 Å². The molecule has 0 bridgehead atoms. The topological polar surface area (TPSA) is 104 Å². The minimum atomic E-state index is -3.92. The summed E-state index contributed by atoms with van der Waals surface area (Å²) in [6, 6.07) is 4.49. The summed E-state index contributed by atoms with van der Waals surface area (Å²) in [6.45, 7) is 1.20. The van der Waals surface area contributed by atoms with Gasteiger partial charge in [-0.3, -0.25) is 9.82 Å². The smallest absolute Gasteiger partial charge is 0.281 e. The lowest BCUT2D eigenvalue weighted by atomic mass is 10.3. The summed E-state index contributed by atoms with van der Waals surface area (Å²) in [6.07, 6.45) is 0. The van der Waals surface area contributed by atoms with E-state index in [9.17, 15) is 13.5 Å². The molecule has 1 aromatic heterocycles. The van der Waals surface area contributed by atoms with Gasteiger partial charge in [0.15, 0.2) is 0 Å². The van der Waals surface area contributed by atoms with Crippen LogP contribution in [-0.4, -0.2) is 30.8 Å². The molecule has 0 amide bonds. The van der Waals surface area contributed by atoms with Crippen LogP contribution >= 0.6 is 11.6 Å². The Hall–Kier alpha value is -1.77. The predicted octanol–water partition coefficient (Wildman–Crippen LogP) is 1.67. The second-order valence-electron chi connectivity index (χ2n) is 4.25. The van der Waals surface area contributed by atoms with Crippen LogP contribution in [0.2, 0.25) is 5.02 Å².